The monoisotopic (exact) mass is 365 g/mol. The topological polar surface area (TPSA) is 67.6 Å². The van der Waals surface area contributed by atoms with Gasteiger partial charge in [-0.2, -0.15) is 0 Å². The maximum atomic E-state index is 12.5. The zero-order valence-electron chi connectivity index (χ0n) is 15.7. The molecule has 0 aliphatic carbocycles. The van der Waals surface area contributed by atoms with Crippen LogP contribution in [0.15, 0.2) is 65.2 Å². The average Bonchev–Trinajstić information content (AvgIpc) is 3.19. The number of carbonyl (C=O) groups is 1. The number of methoxy groups -OCH3 is 1. The molecule has 0 spiro atoms. The largest absolute Gasteiger partial charge is 0.497 e. The standard InChI is InChI=1S/C21H23N3O3/c1-24(2)19(15-7-5-4-6-8-15)14-22-21(25)18-13-20(27-23-18)16-9-11-17(26-3)12-10-16/h4-13,19H,14H2,1-3H3,(H,22,25). The molecule has 1 unspecified atom stereocenters. The van der Waals surface area contributed by atoms with Gasteiger partial charge >= 0.3 is 0 Å². The van der Waals surface area contributed by atoms with E-state index in [1.54, 1.807) is 13.2 Å². The second-order valence-electron chi connectivity index (χ2n) is 6.41. The highest BCUT2D eigenvalue weighted by molar-refractivity contribution is 5.93. The Bertz CT molecular complexity index is 873. The van der Waals surface area contributed by atoms with Crippen LogP contribution in [0, 0.1) is 0 Å². The van der Waals surface area contributed by atoms with E-state index < -0.39 is 0 Å². The molecular formula is C21H23N3O3. The third kappa shape index (κ3) is 4.54. The van der Waals surface area contributed by atoms with Crippen LogP contribution in [-0.4, -0.2) is 43.7 Å². The minimum Gasteiger partial charge on any atom is -0.497 e. The number of ether oxygens (including phenoxy) is 1. The first-order valence-electron chi connectivity index (χ1n) is 8.69. The summed E-state index contributed by atoms with van der Waals surface area (Å²) in [6, 6.07) is 19.2. The summed E-state index contributed by atoms with van der Waals surface area (Å²) in [6.45, 7) is 0.473. The van der Waals surface area contributed by atoms with E-state index in [4.69, 9.17) is 9.26 Å². The highest BCUT2D eigenvalue weighted by Gasteiger charge is 2.18. The lowest BCUT2D eigenvalue weighted by molar-refractivity contribution is 0.0933. The number of hydrogen-bond acceptors (Lipinski definition) is 5. The molecule has 0 saturated carbocycles. The van der Waals surface area contributed by atoms with E-state index in [1.807, 2.05) is 56.6 Å². The van der Waals surface area contributed by atoms with Crippen molar-refractivity contribution in [3.63, 3.8) is 0 Å². The third-order valence-corrected chi connectivity index (χ3v) is 4.38. The summed E-state index contributed by atoms with van der Waals surface area (Å²) in [5.74, 6) is 1.03. The van der Waals surface area contributed by atoms with E-state index >= 15 is 0 Å². The van der Waals surface area contributed by atoms with Crippen molar-refractivity contribution < 1.29 is 14.1 Å². The maximum Gasteiger partial charge on any atom is 0.273 e. The third-order valence-electron chi connectivity index (χ3n) is 4.38. The Hall–Kier alpha value is -3.12. The number of hydrogen-bond donors (Lipinski definition) is 1. The second kappa shape index (κ2) is 8.51. The minimum atomic E-state index is -0.263. The van der Waals surface area contributed by atoms with Crippen molar-refractivity contribution >= 4 is 5.91 Å². The van der Waals surface area contributed by atoms with Crippen LogP contribution < -0.4 is 10.1 Å². The molecule has 1 atom stereocenters. The molecule has 1 aromatic heterocycles. The molecule has 2 aromatic carbocycles. The quantitative estimate of drug-likeness (QED) is 0.695. The smallest absolute Gasteiger partial charge is 0.273 e. The zero-order valence-corrected chi connectivity index (χ0v) is 15.7. The van der Waals surface area contributed by atoms with Crippen LogP contribution in [0.1, 0.15) is 22.1 Å². The van der Waals surface area contributed by atoms with Crippen molar-refractivity contribution in [3.8, 4) is 17.1 Å². The number of carbonyl (C=O) groups excluding carboxylic acids is 1. The van der Waals surface area contributed by atoms with Crippen molar-refractivity contribution in [2.24, 2.45) is 0 Å². The van der Waals surface area contributed by atoms with Crippen LogP contribution in [0.3, 0.4) is 0 Å². The summed E-state index contributed by atoms with van der Waals surface area (Å²) >= 11 is 0. The summed E-state index contributed by atoms with van der Waals surface area (Å²) in [6.07, 6.45) is 0. The Kier molecular flexibility index (Phi) is 5.88. The van der Waals surface area contributed by atoms with E-state index in [-0.39, 0.29) is 17.6 Å². The Morgan fingerprint density at radius 1 is 1.15 bits per heavy atom. The number of aromatic nitrogens is 1. The van der Waals surface area contributed by atoms with Gasteiger partial charge in [-0.1, -0.05) is 35.5 Å². The van der Waals surface area contributed by atoms with Crippen LogP contribution >= 0.6 is 0 Å². The predicted molar refractivity (Wildman–Crippen MR) is 104 cm³/mol. The number of rotatable bonds is 7. The van der Waals surface area contributed by atoms with Gasteiger partial charge in [0.15, 0.2) is 11.5 Å². The molecular weight excluding hydrogens is 342 g/mol. The molecule has 0 saturated heterocycles. The van der Waals surface area contributed by atoms with Gasteiger partial charge in [-0.25, -0.2) is 0 Å². The highest BCUT2D eigenvalue weighted by atomic mass is 16.5. The van der Waals surface area contributed by atoms with Gasteiger partial charge in [0.25, 0.3) is 5.91 Å². The normalized spacial score (nSPS) is 12.0. The molecule has 3 aromatic rings. The van der Waals surface area contributed by atoms with Crippen molar-refractivity contribution in [2.45, 2.75) is 6.04 Å². The molecule has 6 nitrogen and oxygen atoms in total. The molecule has 0 radical (unpaired) electrons. The molecule has 0 aliphatic heterocycles. The van der Waals surface area contributed by atoms with Crippen LogP contribution in [0.2, 0.25) is 0 Å². The number of nitrogens with one attached hydrogen (secondary N) is 1. The van der Waals surface area contributed by atoms with Gasteiger partial charge in [0.2, 0.25) is 0 Å². The predicted octanol–water partition coefficient (Wildman–Crippen LogP) is 3.38. The molecule has 3 rings (SSSR count). The number of nitrogens with zero attached hydrogens (tertiary/aromatic N) is 2. The summed E-state index contributed by atoms with van der Waals surface area (Å²) < 4.78 is 10.5. The summed E-state index contributed by atoms with van der Waals surface area (Å²) in [4.78, 5) is 14.5. The van der Waals surface area contributed by atoms with E-state index in [2.05, 4.69) is 27.5 Å². The fourth-order valence-corrected chi connectivity index (χ4v) is 2.83. The van der Waals surface area contributed by atoms with Gasteiger partial charge in [0.05, 0.1) is 13.2 Å². The highest BCUT2D eigenvalue weighted by Crippen LogP contribution is 2.23. The first-order valence-corrected chi connectivity index (χ1v) is 8.69. The van der Waals surface area contributed by atoms with Crippen molar-refractivity contribution in [1.82, 2.24) is 15.4 Å². The molecule has 1 amide bonds. The first-order chi connectivity index (χ1) is 13.1. The van der Waals surface area contributed by atoms with Crippen molar-refractivity contribution in [3.05, 3.63) is 71.9 Å². The molecule has 1 heterocycles. The van der Waals surface area contributed by atoms with Crippen LogP contribution in [0.5, 0.6) is 5.75 Å². The Morgan fingerprint density at radius 3 is 2.48 bits per heavy atom. The Labute approximate surface area is 158 Å². The lowest BCUT2D eigenvalue weighted by atomic mass is 10.1. The Balaban J connectivity index is 1.66. The molecule has 0 bridgehead atoms. The van der Waals surface area contributed by atoms with Gasteiger partial charge in [-0.3, -0.25) is 4.79 Å². The SMILES string of the molecule is COc1ccc(-c2cc(C(=O)NCC(c3ccccc3)N(C)C)no2)cc1. The van der Waals surface area contributed by atoms with Gasteiger partial charge in [-0.05, 0) is 43.9 Å². The van der Waals surface area contributed by atoms with E-state index in [0.717, 1.165) is 16.9 Å². The van der Waals surface area contributed by atoms with Crippen LogP contribution in [0.4, 0.5) is 0 Å². The number of amides is 1. The minimum absolute atomic E-state index is 0.0723. The fraction of sp³-hybridized carbons (Fsp3) is 0.238. The molecule has 27 heavy (non-hydrogen) atoms. The summed E-state index contributed by atoms with van der Waals surface area (Å²) in [7, 11) is 5.59. The van der Waals surface area contributed by atoms with Gasteiger partial charge < -0.3 is 19.5 Å². The second-order valence-corrected chi connectivity index (χ2v) is 6.41. The molecule has 0 aliphatic rings. The Morgan fingerprint density at radius 2 is 1.85 bits per heavy atom. The molecule has 140 valence electrons. The van der Waals surface area contributed by atoms with Crippen molar-refractivity contribution in [2.75, 3.05) is 27.7 Å². The molecule has 6 heteroatoms. The van der Waals surface area contributed by atoms with Gasteiger partial charge in [-0.15, -0.1) is 0 Å². The van der Waals surface area contributed by atoms with Gasteiger partial charge in [0, 0.05) is 18.2 Å². The summed E-state index contributed by atoms with van der Waals surface area (Å²) in [5.41, 5.74) is 2.23. The van der Waals surface area contributed by atoms with E-state index in [9.17, 15) is 4.79 Å². The van der Waals surface area contributed by atoms with Crippen LogP contribution in [0.25, 0.3) is 11.3 Å². The van der Waals surface area contributed by atoms with E-state index in [1.165, 1.54) is 0 Å². The number of benzene rings is 2. The molecule has 0 fully saturated rings. The fourth-order valence-electron chi connectivity index (χ4n) is 2.83. The molecule has 1 N–H and O–H groups in total. The number of likely N-dealkylation sites (N-methyl/N-ethyl adjacent to an activating group) is 1. The van der Waals surface area contributed by atoms with E-state index in [0.29, 0.717) is 12.3 Å². The average molecular weight is 365 g/mol. The first kappa shape index (κ1) is 18.7. The maximum absolute atomic E-state index is 12.5. The van der Waals surface area contributed by atoms with Gasteiger partial charge in [0.1, 0.15) is 5.75 Å². The van der Waals surface area contributed by atoms with Crippen molar-refractivity contribution in [1.29, 1.82) is 0 Å². The van der Waals surface area contributed by atoms with Crippen LogP contribution in [-0.2, 0) is 0 Å². The summed E-state index contributed by atoms with van der Waals surface area (Å²) in [5, 5.41) is 6.84. The lowest BCUT2D eigenvalue weighted by Crippen LogP contribution is -2.34. The lowest BCUT2D eigenvalue weighted by Gasteiger charge is -2.24. The zero-order chi connectivity index (χ0) is 19.2.